The van der Waals surface area contributed by atoms with Gasteiger partial charge >= 0.3 is 6.03 Å². The van der Waals surface area contributed by atoms with Crippen LogP contribution in [0.4, 0.5) is 21.9 Å². The number of rotatable bonds is 6. The Bertz CT molecular complexity index is 1090. The highest BCUT2D eigenvalue weighted by molar-refractivity contribution is 6.01. The van der Waals surface area contributed by atoms with Gasteiger partial charge in [-0.05, 0) is 32.4 Å². The van der Waals surface area contributed by atoms with Crippen LogP contribution in [0.5, 0.6) is 5.75 Å². The van der Waals surface area contributed by atoms with E-state index in [1.54, 1.807) is 0 Å². The van der Waals surface area contributed by atoms with Gasteiger partial charge in [-0.1, -0.05) is 29.8 Å². The van der Waals surface area contributed by atoms with Crippen molar-refractivity contribution in [2.24, 2.45) is 0 Å². The van der Waals surface area contributed by atoms with Gasteiger partial charge in [-0.25, -0.2) is 4.79 Å². The summed E-state index contributed by atoms with van der Waals surface area (Å²) in [7, 11) is 1.38. The van der Waals surface area contributed by atoms with Gasteiger partial charge in [0, 0.05) is 6.07 Å². The van der Waals surface area contributed by atoms with E-state index in [-0.39, 0.29) is 11.4 Å². The van der Waals surface area contributed by atoms with Crippen LogP contribution in [0.1, 0.15) is 22.5 Å². The molecule has 0 fully saturated rings. The summed E-state index contributed by atoms with van der Waals surface area (Å²) in [5, 5.41) is 20.9. The molecule has 0 aliphatic carbocycles. The van der Waals surface area contributed by atoms with Crippen LogP contribution < -0.4 is 15.4 Å². The molecule has 0 unspecified atom stereocenters. The lowest BCUT2D eigenvalue weighted by molar-refractivity contribution is -0.384. The molecule has 9 nitrogen and oxygen atoms in total. The number of amides is 2. The molecule has 0 atom stereocenters. The molecule has 0 aliphatic heterocycles. The first kappa shape index (κ1) is 20.8. The maximum Gasteiger partial charge on any atom is 0.323 e. The van der Waals surface area contributed by atoms with E-state index in [4.69, 9.17) is 4.74 Å². The van der Waals surface area contributed by atoms with Crippen LogP contribution in [-0.4, -0.2) is 27.8 Å². The Kier molecular flexibility index (Phi) is 6.01. The van der Waals surface area contributed by atoms with Gasteiger partial charge in [-0.15, -0.1) is 0 Å². The van der Waals surface area contributed by atoms with Crippen LogP contribution >= 0.6 is 0 Å². The van der Waals surface area contributed by atoms with Crippen LogP contribution in [-0.2, 0) is 6.54 Å². The van der Waals surface area contributed by atoms with Gasteiger partial charge in [-0.2, -0.15) is 5.10 Å². The van der Waals surface area contributed by atoms with E-state index >= 15 is 0 Å². The van der Waals surface area contributed by atoms with Gasteiger partial charge in [0.15, 0.2) is 0 Å². The third-order valence-electron chi connectivity index (χ3n) is 4.72. The van der Waals surface area contributed by atoms with Gasteiger partial charge in [0.2, 0.25) is 0 Å². The Labute approximate surface area is 173 Å². The Morgan fingerprint density at radius 1 is 1.13 bits per heavy atom. The van der Waals surface area contributed by atoms with Gasteiger partial charge in [0.1, 0.15) is 5.75 Å². The molecule has 3 rings (SSSR count). The minimum atomic E-state index is -0.526. The maximum absolute atomic E-state index is 12.5. The number of carbonyl (C=O) groups is 1. The van der Waals surface area contributed by atoms with Crippen molar-refractivity contribution >= 4 is 23.1 Å². The normalized spacial score (nSPS) is 10.5. The van der Waals surface area contributed by atoms with Crippen molar-refractivity contribution in [2.45, 2.75) is 27.3 Å². The van der Waals surface area contributed by atoms with Crippen LogP contribution in [0.25, 0.3) is 0 Å². The summed E-state index contributed by atoms with van der Waals surface area (Å²) in [6, 6.07) is 11.7. The molecule has 156 valence electrons. The number of anilines is 2. The van der Waals surface area contributed by atoms with Crippen molar-refractivity contribution in [1.82, 2.24) is 9.78 Å². The highest BCUT2D eigenvalue weighted by Gasteiger charge is 2.17. The summed E-state index contributed by atoms with van der Waals surface area (Å²) >= 11 is 0. The van der Waals surface area contributed by atoms with E-state index in [9.17, 15) is 14.9 Å². The standard InChI is InChI=1S/C21H23N5O4/c1-13-5-7-16(8-6-13)12-25-15(3)20(14(2)24-25)23-21(27)22-18-10-9-17(26(28)29)11-19(18)30-4/h5-11H,12H2,1-4H3,(H2,22,23,27). The largest absolute Gasteiger partial charge is 0.494 e. The van der Waals surface area contributed by atoms with Crippen molar-refractivity contribution in [1.29, 1.82) is 0 Å². The number of carbonyl (C=O) groups excluding carboxylic acids is 1. The monoisotopic (exact) mass is 409 g/mol. The molecule has 9 heteroatoms. The number of hydrogen-bond acceptors (Lipinski definition) is 5. The zero-order valence-electron chi connectivity index (χ0n) is 17.2. The van der Waals surface area contributed by atoms with E-state index < -0.39 is 11.0 Å². The lowest BCUT2D eigenvalue weighted by Crippen LogP contribution is -2.20. The Balaban J connectivity index is 1.75. The SMILES string of the molecule is COc1cc([N+](=O)[O-])ccc1NC(=O)Nc1c(C)nn(Cc2ccc(C)cc2)c1C. The van der Waals surface area contributed by atoms with Gasteiger partial charge in [0.25, 0.3) is 5.69 Å². The molecule has 0 radical (unpaired) electrons. The highest BCUT2D eigenvalue weighted by Crippen LogP contribution is 2.29. The summed E-state index contributed by atoms with van der Waals surface area (Å²) in [4.78, 5) is 22.9. The topological polar surface area (TPSA) is 111 Å². The van der Waals surface area contributed by atoms with Gasteiger partial charge in [-0.3, -0.25) is 14.8 Å². The summed E-state index contributed by atoms with van der Waals surface area (Å²) in [6.45, 7) is 6.33. The first-order valence-electron chi connectivity index (χ1n) is 9.28. The van der Waals surface area contributed by atoms with Crippen molar-refractivity contribution < 1.29 is 14.5 Å². The molecule has 0 saturated carbocycles. The fourth-order valence-electron chi connectivity index (χ4n) is 3.06. The number of hydrogen-bond donors (Lipinski definition) is 2. The number of aromatic nitrogens is 2. The van der Waals surface area contributed by atoms with Crippen molar-refractivity contribution in [3.63, 3.8) is 0 Å². The van der Waals surface area contributed by atoms with Crippen molar-refractivity contribution in [2.75, 3.05) is 17.7 Å². The first-order valence-corrected chi connectivity index (χ1v) is 9.28. The molecule has 0 spiro atoms. The van der Waals surface area contributed by atoms with Gasteiger partial charge in [0.05, 0.1) is 47.4 Å². The number of benzene rings is 2. The molecule has 1 heterocycles. The zero-order valence-corrected chi connectivity index (χ0v) is 17.2. The van der Waals surface area contributed by atoms with Crippen LogP contribution in [0.3, 0.4) is 0 Å². The summed E-state index contributed by atoms with van der Waals surface area (Å²) in [5.74, 6) is 0.197. The van der Waals surface area contributed by atoms with Crippen LogP contribution in [0, 0.1) is 30.9 Å². The second kappa shape index (κ2) is 8.64. The molecule has 0 aliphatic rings. The fourth-order valence-corrected chi connectivity index (χ4v) is 3.06. The van der Waals surface area contributed by atoms with Crippen molar-refractivity contribution in [3.05, 3.63) is 75.1 Å². The van der Waals surface area contributed by atoms with E-state index in [1.165, 1.54) is 30.9 Å². The second-order valence-corrected chi connectivity index (χ2v) is 6.91. The van der Waals surface area contributed by atoms with Crippen molar-refractivity contribution in [3.8, 4) is 5.75 Å². The van der Waals surface area contributed by atoms with E-state index in [2.05, 4.69) is 15.7 Å². The smallest absolute Gasteiger partial charge is 0.323 e. The highest BCUT2D eigenvalue weighted by atomic mass is 16.6. The zero-order chi connectivity index (χ0) is 21.8. The fraction of sp³-hybridized carbons (Fsp3) is 0.238. The number of nitro benzene ring substituents is 1. The third-order valence-corrected chi connectivity index (χ3v) is 4.72. The lowest BCUT2D eigenvalue weighted by atomic mass is 10.1. The summed E-state index contributed by atoms with van der Waals surface area (Å²) in [5.41, 5.74) is 4.61. The predicted octanol–water partition coefficient (Wildman–Crippen LogP) is 4.42. The number of ether oxygens (including phenoxy) is 1. The first-order chi connectivity index (χ1) is 14.3. The second-order valence-electron chi connectivity index (χ2n) is 6.91. The lowest BCUT2D eigenvalue weighted by Gasteiger charge is -2.11. The third kappa shape index (κ3) is 4.57. The number of nitrogens with zero attached hydrogens (tertiary/aromatic N) is 3. The molecule has 0 saturated heterocycles. The number of methoxy groups -OCH3 is 1. The Hall–Kier alpha value is -3.88. The Morgan fingerprint density at radius 3 is 2.47 bits per heavy atom. The minimum Gasteiger partial charge on any atom is -0.494 e. The van der Waals surface area contributed by atoms with Gasteiger partial charge < -0.3 is 15.4 Å². The molecule has 2 N–H and O–H groups in total. The maximum atomic E-state index is 12.5. The quantitative estimate of drug-likeness (QED) is 0.462. The molecule has 30 heavy (non-hydrogen) atoms. The minimum absolute atomic E-state index is 0.123. The number of aryl methyl sites for hydroxylation is 2. The van der Waals surface area contributed by atoms with E-state index in [0.717, 1.165) is 11.3 Å². The average Bonchev–Trinajstić information content (AvgIpc) is 2.97. The molecule has 3 aromatic rings. The van der Waals surface area contributed by atoms with Crippen LogP contribution in [0.2, 0.25) is 0 Å². The summed E-state index contributed by atoms with van der Waals surface area (Å²) in [6.07, 6.45) is 0. The Morgan fingerprint density at radius 2 is 1.83 bits per heavy atom. The molecule has 1 aromatic heterocycles. The number of non-ortho nitro benzene ring substituents is 1. The molecular formula is C21H23N5O4. The average molecular weight is 409 g/mol. The van der Waals surface area contributed by atoms with E-state index in [0.29, 0.717) is 23.6 Å². The van der Waals surface area contributed by atoms with Crippen LogP contribution in [0.15, 0.2) is 42.5 Å². The molecule has 0 bridgehead atoms. The predicted molar refractivity (Wildman–Crippen MR) is 114 cm³/mol. The number of urea groups is 1. The molecule has 2 amide bonds. The number of nitro groups is 1. The van der Waals surface area contributed by atoms with E-state index in [1.807, 2.05) is 49.7 Å². The summed E-state index contributed by atoms with van der Waals surface area (Å²) < 4.78 is 6.99. The molecular weight excluding hydrogens is 386 g/mol. The molecule has 2 aromatic carbocycles. The number of nitrogens with one attached hydrogen (secondary N) is 2.